The van der Waals surface area contributed by atoms with Gasteiger partial charge in [-0.1, -0.05) is 49.9 Å². The lowest BCUT2D eigenvalue weighted by Gasteiger charge is -2.27. The summed E-state index contributed by atoms with van der Waals surface area (Å²) in [6.07, 6.45) is 7.91. The molecule has 0 spiro atoms. The summed E-state index contributed by atoms with van der Waals surface area (Å²) in [7, 11) is 1.96. The van der Waals surface area contributed by atoms with Crippen LogP contribution in [0.1, 0.15) is 49.7 Å². The van der Waals surface area contributed by atoms with Crippen LogP contribution in [-0.2, 0) is 17.8 Å². The third-order valence-electron chi connectivity index (χ3n) is 4.45. The van der Waals surface area contributed by atoms with Crippen molar-refractivity contribution in [2.24, 2.45) is 5.73 Å². The Morgan fingerprint density at radius 1 is 1.15 bits per heavy atom. The molecule has 0 heterocycles. The fourth-order valence-electron chi connectivity index (χ4n) is 3.07. The van der Waals surface area contributed by atoms with Gasteiger partial charge in [0.05, 0.1) is 6.42 Å². The van der Waals surface area contributed by atoms with Crippen LogP contribution in [0, 0.1) is 0 Å². The molecule has 20 heavy (non-hydrogen) atoms. The van der Waals surface area contributed by atoms with Crippen LogP contribution in [0.4, 0.5) is 0 Å². The first-order valence-corrected chi connectivity index (χ1v) is 7.75. The molecule has 0 aliphatic heterocycles. The molecular weight excluding hydrogens is 248 g/mol. The minimum Gasteiger partial charge on any atom is -0.342 e. The monoisotopic (exact) mass is 274 g/mol. The summed E-state index contributed by atoms with van der Waals surface area (Å²) in [6.45, 7) is 0.497. The number of benzene rings is 1. The molecule has 1 saturated carbocycles. The summed E-state index contributed by atoms with van der Waals surface area (Å²) >= 11 is 0. The van der Waals surface area contributed by atoms with Gasteiger partial charge >= 0.3 is 0 Å². The summed E-state index contributed by atoms with van der Waals surface area (Å²) in [4.78, 5) is 14.4. The van der Waals surface area contributed by atoms with E-state index in [0.717, 1.165) is 24.0 Å². The molecule has 1 aromatic rings. The van der Waals surface area contributed by atoms with Crippen LogP contribution in [0.5, 0.6) is 0 Å². The average molecular weight is 274 g/mol. The smallest absolute Gasteiger partial charge is 0.226 e. The number of likely N-dealkylation sites (N-methyl/N-ethyl adjacent to an activating group) is 1. The summed E-state index contributed by atoms with van der Waals surface area (Å²) in [6, 6.07) is 8.41. The van der Waals surface area contributed by atoms with E-state index in [1.54, 1.807) is 0 Å². The van der Waals surface area contributed by atoms with Crippen molar-refractivity contribution in [2.75, 3.05) is 7.05 Å². The number of hydrogen-bond donors (Lipinski definition) is 1. The van der Waals surface area contributed by atoms with Crippen molar-refractivity contribution in [2.45, 2.75) is 57.5 Å². The van der Waals surface area contributed by atoms with E-state index < -0.39 is 0 Å². The Hall–Kier alpha value is -1.35. The zero-order valence-electron chi connectivity index (χ0n) is 12.5. The highest BCUT2D eigenvalue weighted by molar-refractivity contribution is 5.79. The van der Waals surface area contributed by atoms with Gasteiger partial charge in [0.25, 0.3) is 0 Å². The van der Waals surface area contributed by atoms with Crippen molar-refractivity contribution < 1.29 is 4.79 Å². The molecule has 1 aliphatic rings. The topological polar surface area (TPSA) is 46.3 Å². The zero-order valence-corrected chi connectivity index (χ0v) is 12.5. The largest absolute Gasteiger partial charge is 0.342 e. The molecule has 1 fully saturated rings. The Balaban J connectivity index is 1.99. The normalized spacial score (nSPS) is 16.7. The van der Waals surface area contributed by atoms with E-state index in [0.29, 0.717) is 19.0 Å². The summed E-state index contributed by atoms with van der Waals surface area (Å²) in [5, 5.41) is 0. The molecule has 0 saturated heterocycles. The molecule has 0 radical (unpaired) electrons. The number of rotatable bonds is 4. The van der Waals surface area contributed by atoms with Gasteiger partial charge in [-0.15, -0.1) is 0 Å². The van der Waals surface area contributed by atoms with Gasteiger partial charge in [0, 0.05) is 19.6 Å². The highest BCUT2D eigenvalue weighted by Crippen LogP contribution is 2.22. The molecule has 0 bridgehead atoms. The van der Waals surface area contributed by atoms with Gasteiger partial charge in [-0.05, 0) is 24.0 Å². The number of carbonyl (C=O) groups is 1. The maximum Gasteiger partial charge on any atom is 0.226 e. The van der Waals surface area contributed by atoms with E-state index in [1.807, 2.05) is 36.2 Å². The van der Waals surface area contributed by atoms with Crippen molar-refractivity contribution in [3.63, 3.8) is 0 Å². The van der Waals surface area contributed by atoms with Crippen molar-refractivity contribution in [1.29, 1.82) is 0 Å². The Morgan fingerprint density at radius 3 is 2.35 bits per heavy atom. The van der Waals surface area contributed by atoms with Crippen molar-refractivity contribution in [1.82, 2.24) is 4.90 Å². The van der Waals surface area contributed by atoms with Crippen LogP contribution in [-0.4, -0.2) is 23.9 Å². The van der Waals surface area contributed by atoms with Crippen molar-refractivity contribution in [3.8, 4) is 0 Å². The first kappa shape index (κ1) is 15.0. The number of carbonyl (C=O) groups excluding carboxylic acids is 1. The molecule has 3 nitrogen and oxygen atoms in total. The van der Waals surface area contributed by atoms with Gasteiger partial charge in [0.15, 0.2) is 0 Å². The molecule has 1 aliphatic carbocycles. The highest BCUT2D eigenvalue weighted by atomic mass is 16.2. The molecule has 0 atom stereocenters. The van der Waals surface area contributed by atoms with E-state index >= 15 is 0 Å². The van der Waals surface area contributed by atoms with Gasteiger partial charge in [-0.3, -0.25) is 4.79 Å². The lowest BCUT2D eigenvalue weighted by molar-refractivity contribution is -0.131. The predicted molar refractivity (Wildman–Crippen MR) is 82.3 cm³/mol. The number of nitrogens with two attached hydrogens (primary N) is 1. The second-order valence-corrected chi connectivity index (χ2v) is 5.80. The van der Waals surface area contributed by atoms with Gasteiger partial charge < -0.3 is 10.6 Å². The number of amides is 1. The predicted octanol–water partition coefficient (Wildman–Crippen LogP) is 2.87. The fourth-order valence-corrected chi connectivity index (χ4v) is 3.07. The van der Waals surface area contributed by atoms with Crippen LogP contribution in [0.3, 0.4) is 0 Å². The molecular formula is C17H26N2O. The summed E-state index contributed by atoms with van der Waals surface area (Å²) in [5.41, 5.74) is 7.89. The molecule has 2 N–H and O–H groups in total. The molecule has 0 aromatic heterocycles. The average Bonchev–Trinajstić information content (AvgIpc) is 2.76. The minimum absolute atomic E-state index is 0.220. The quantitative estimate of drug-likeness (QED) is 0.858. The second kappa shape index (κ2) is 7.44. The molecule has 1 amide bonds. The third-order valence-corrected chi connectivity index (χ3v) is 4.45. The lowest BCUT2D eigenvalue weighted by atomic mass is 10.0. The maximum atomic E-state index is 12.5. The van der Waals surface area contributed by atoms with Crippen molar-refractivity contribution in [3.05, 3.63) is 35.4 Å². The number of nitrogens with zero attached hydrogens (tertiary/aromatic N) is 1. The lowest BCUT2D eigenvalue weighted by Crippen LogP contribution is -2.37. The van der Waals surface area contributed by atoms with Crippen LogP contribution in [0.2, 0.25) is 0 Å². The van der Waals surface area contributed by atoms with Crippen LogP contribution >= 0.6 is 0 Å². The van der Waals surface area contributed by atoms with E-state index in [9.17, 15) is 4.79 Å². The highest BCUT2D eigenvalue weighted by Gasteiger charge is 2.21. The Morgan fingerprint density at radius 2 is 1.75 bits per heavy atom. The minimum atomic E-state index is 0.220. The second-order valence-electron chi connectivity index (χ2n) is 5.80. The van der Waals surface area contributed by atoms with Gasteiger partial charge in [-0.2, -0.15) is 0 Å². The number of hydrogen-bond acceptors (Lipinski definition) is 2. The fraction of sp³-hybridized carbons (Fsp3) is 0.588. The first-order valence-electron chi connectivity index (χ1n) is 7.75. The third kappa shape index (κ3) is 3.83. The Bertz CT molecular complexity index is 436. The van der Waals surface area contributed by atoms with Gasteiger partial charge in [0.2, 0.25) is 5.91 Å². The van der Waals surface area contributed by atoms with E-state index in [-0.39, 0.29) is 5.91 Å². The van der Waals surface area contributed by atoms with E-state index in [2.05, 4.69) is 0 Å². The van der Waals surface area contributed by atoms with Crippen LogP contribution in [0.15, 0.2) is 24.3 Å². The Kier molecular flexibility index (Phi) is 5.60. The van der Waals surface area contributed by atoms with Gasteiger partial charge in [-0.25, -0.2) is 0 Å². The maximum absolute atomic E-state index is 12.5. The molecule has 1 aromatic carbocycles. The van der Waals surface area contributed by atoms with Crippen molar-refractivity contribution >= 4 is 5.91 Å². The van der Waals surface area contributed by atoms with E-state index in [1.165, 1.54) is 25.7 Å². The molecule has 3 heteroatoms. The molecule has 110 valence electrons. The molecule has 0 unspecified atom stereocenters. The SMILES string of the molecule is CN(C(=O)Cc1ccccc1CN)C1CCCCCC1. The first-order chi connectivity index (χ1) is 9.72. The Labute approximate surface area is 122 Å². The molecule has 2 rings (SSSR count). The van der Waals surface area contributed by atoms with E-state index in [4.69, 9.17) is 5.73 Å². The van der Waals surface area contributed by atoms with Crippen LogP contribution < -0.4 is 5.73 Å². The standard InChI is InChI=1S/C17H26N2O/c1-19(16-10-4-2-3-5-11-16)17(20)12-14-8-6-7-9-15(14)13-18/h6-9,16H,2-5,10-13,18H2,1H3. The summed E-state index contributed by atoms with van der Waals surface area (Å²) < 4.78 is 0. The summed E-state index contributed by atoms with van der Waals surface area (Å²) in [5.74, 6) is 0.220. The van der Waals surface area contributed by atoms with Crippen LogP contribution in [0.25, 0.3) is 0 Å². The zero-order chi connectivity index (χ0) is 14.4. The van der Waals surface area contributed by atoms with Gasteiger partial charge in [0.1, 0.15) is 0 Å².